The molecule has 2 spiro atoms. The molecule has 0 aliphatic carbocycles. The fourth-order valence-corrected chi connectivity index (χ4v) is 7.63. The minimum absolute atomic E-state index is 0.0561. The lowest BCUT2D eigenvalue weighted by molar-refractivity contribution is -0.308. The summed E-state index contributed by atoms with van der Waals surface area (Å²) in [5.74, 6) is 0. The van der Waals surface area contributed by atoms with E-state index in [4.69, 9.17) is 4.74 Å². The van der Waals surface area contributed by atoms with Crippen LogP contribution < -0.4 is 4.90 Å². The maximum absolute atomic E-state index is 12.9. The molecule has 0 bridgehead atoms. The summed E-state index contributed by atoms with van der Waals surface area (Å²) >= 11 is 0. The molecule has 0 radical (unpaired) electrons. The van der Waals surface area contributed by atoms with Gasteiger partial charge in [-0.05, 0) is 87.3 Å². The number of amides is 1. The normalized spacial score (nSPS) is 24.2. The summed E-state index contributed by atoms with van der Waals surface area (Å²) in [6, 6.07) is 6.61. The van der Waals surface area contributed by atoms with Crippen molar-refractivity contribution in [2.75, 3.05) is 50.8 Å². The fraction of sp³-hybridized carbons (Fsp3) is 0.767. The largest absolute Gasteiger partial charge is 0.434 e. The van der Waals surface area contributed by atoms with Crippen LogP contribution in [-0.2, 0) is 16.0 Å². The van der Waals surface area contributed by atoms with Crippen LogP contribution in [0.5, 0.6) is 0 Å². The Labute approximate surface area is 243 Å². The van der Waals surface area contributed by atoms with Crippen LogP contribution >= 0.6 is 0 Å². The molecule has 6 nitrogen and oxygen atoms in total. The van der Waals surface area contributed by atoms with Crippen LogP contribution in [0.25, 0.3) is 0 Å². The molecule has 1 amide bonds. The summed E-state index contributed by atoms with van der Waals surface area (Å²) in [5.41, 5.74) is 3.67. The zero-order valence-corrected chi connectivity index (χ0v) is 24.5. The van der Waals surface area contributed by atoms with Crippen molar-refractivity contribution in [1.82, 2.24) is 9.80 Å². The van der Waals surface area contributed by atoms with Crippen molar-refractivity contribution < 1.29 is 40.6 Å². The van der Waals surface area contributed by atoms with Gasteiger partial charge in [-0.3, -0.25) is 4.90 Å². The molecule has 1 aromatic rings. The molecular weight excluding hydrogens is 564 g/mol. The van der Waals surface area contributed by atoms with Crippen LogP contribution in [0, 0.1) is 17.8 Å². The molecule has 4 aliphatic rings. The van der Waals surface area contributed by atoms with Crippen LogP contribution in [-0.4, -0.2) is 85.8 Å². The maximum Gasteiger partial charge on any atom is 0.434 e. The average molecular weight is 606 g/mol. The number of carbonyl (C=O) groups excluding carboxylic acids is 1. The van der Waals surface area contributed by atoms with Crippen molar-refractivity contribution in [3.05, 3.63) is 29.3 Å². The minimum Gasteiger partial charge on any atom is -0.426 e. The van der Waals surface area contributed by atoms with E-state index in [2.05, 4.69) is 53.5 Å². The lowest BCUT2D eigenvalue weighted by atomic mass is 9.74. The highest BCUT2D eigenvalue weighted by molar-refractivity contribution is 5.68. The van der Waals surface area contributed by atoms with Crippen LogP contribution in [0.2, 0.25) is 0 Å². The molecule has 4 heterocycles. The Bertz CT molecular complexity index is 1130. The number of piperidine rings is 1. The predicted molar refractivity (Wildman–Crippen MR) is 145 cm³/mol. The number of nitrogens with zero attached hydrogens (tertiary/aromatic N) is 3. The highest BCUT2D eigenvalue weighted by atomic mass is 19.4. The molecule has 236 valence electrons. The smallest absolute Gasteiger partial charge is 0.426 e. The number of halogens is 6. The van der Waals surface area contributed by atoms with Crippen LogP contribution in [0.4, 0.5) is 36.8 Å². The number of alkyl halides is 6. The van der Waals surface area contributed by atoms with Gasteiger partial charge in [0.15, 0.2) is 0 Å². The van der Waals surface area contributed by atoms with Gasteiger partial charge in [0, 0.05) is 63.7 Å². The zero-order valence-electron chi connectivity index (χ0n) is 24.5. The van der Waals surface area contributed by atoms with Crippen molar-refractivity contribution >= 4 is 11.8 Å². The molecule has 0 unspecified atom stereocenters. The quantitative estimate of drug-likeness (QED) is 0.358. The van der Waals surface area contributed by atoms with Gasteiger partial charge >= 0.3 is 18.4 Å². The summed E-state index contributed by atoms with van der Waals surface area (Å²) in [6.07, 6.45) is -12.0. The zero-order chi connectivity index (χ0) is 30.6. The van der Waals surface area contributed by atoms with E-state index in [9.17, 15) is 31.1 Å². The first-order valence-corrected chi connectivity index (χ1v) is 14.8. The second kappa shape index (κ2) is 11.1. The lowest BCUT2D eigenvalue weighted by Crippen LogP contribution is -2.50. The lowest BCUT2D eigenvalue weighted by Gasteiger charge is -2.39. The molecule has 0 aromatic heterocycles. The molecule has 42 heavy (non-hydrogen) atoms. The number of rotatable bonds is 4. The molecule has 0 N–H and O–H groups in total. The van der Waals surface area contributed by atoms with Gasteiger partial charge in [0.2, 0.25) is 0 Å². The first kappa shape index (κ1) is 31.2. The monoisotopic (exact) mass is 605 g/mol. The molecule has 4 aliphatic heterocycles. The summed E-state index contributed by atoms with van der Waals surface area (Å²) in [5, 5.41) is 0. The Morgan fingerprint density at radius 1 is 0.929 bits per heavy atom. The van der Waals surface area contributed by atoms with E-state index in [-0.39, 0.29) is 24.0 Å². The average Bonchev–Trinajstić information content (AvgIpc) is 3.40. The number of anilines is 1. The fourth-order valence-electron chi connectivity index (χ4n) is 7.63. The van der Waals surface area contributed by atoms with Gasteiger partial charge in [0.25, 0.3) is 6.10 Å². The Balaban J connectivity index is 1.24. The topological polar surface area (TPSA) is 45.2 Å². The standard InChI is InChI=1S/C30H41F6N3O3/c1-21-4-5-22(23(16-21)38-13-6-27(19-38)9-14-41-15-10-27)17-39-20-28(18-26(39,2)3)7-11-37(12-8-28)25(40)42-24(29(31,32)33)30(34,35)36/h4-5,16,24H,6-15,17-20H2,1-3H3. The molecule has 1 aromatic carbocycles. The van der Waals surface area contributed by atoms with Gasteiger partial charge in [0.05, 0.1) is 0 Å². The predicted octanol–water partition coefficient (Wildman–Crippen LogP) is 6.70. The second-order valence-electron chi connectivity index (χ2n) is 13.6. The van der Waals surface area contributed by atoms with Crippen molar-refractivity contribution in [3.63, 3.8) is 0 Å². The minimum atomic E-state index is -5.73. The number of hydrogen-bond donors (Lipinski definition) is 0. The van der Waals surface area contributed by atoms with Gasteiger partial charge in [-0.2, -0.15) is 26.3 Å². The van der Waals surface area contributed by atoms with E-state index in [1.807, 2.05) is 0 Å². The molecular formula is C30H41F6N3O3. The first-order chi connectivity index (χ1) is 19.5. The molecule has 4 fully saturated rings. The third-order valence-electron chi connectivity index (χ3n) is 10.0. The number of carbonyl (C=O) groups is 1. The Morgan fingerprint density at radius 3 is 2.17 bits per heavy atom. The van der Waals surface area contributed by atoms with E-state index in [1.54, 1.807) is 0 Å². The molecule has 12 heteroatoms. The SMILES string of the molecule is Cc1ccc(CN2CC3(CCN(C(=O)OC(C(F)(F)F)C(F)(F)F)CC3)CC2(C)C)c(N2CCC3(CCOCC3)C2)c1. The second-order valence-corrected chi connectivity index (χ2v) is 13.6. The number of ether oxygens (including phenoxy) is 2. The van der Waals surface area contributed by atoms with Gasteiger partial charge in [0.1, 0.15) is 0 Å². The van der Waals surface area contributed by atoms with Crippen molar-refractivity contribution in [3.8, 4) is 0 Å². The van der Waals surface area contributed by atoms with E-state index in [0.29, 0.717) is 18.3 Å². The maximum atomic E-state index is 12.9. The van der Waals surface area contributed by atoms with Crippen molar-refractivity contribution in [2.45, 2.75) is 89.8 Å². The molecule has 5 rings (SSSR count). The summed E-state index contributed by atoms with van der Waals surface area (Å²) in [7, 11) is 0. The van der Waals surface area contributed by atoms with E-state index in [1.165, 1.54) is 16.8 Å². The first-order valence-electron chi connectivity index (χ1n) is 14.8. The molecule has 4 saturated heterocycles. The summed E-state index contributed by atoms with van der Waals surface area (Å²) in [4.78, 5) is 18.3. The Hall–Kier alpha value is -2.21. The summed E-state index contributed by atoms with van der Waals surface area (Å²) in [6.45, 7) is 11.7. The van der Waals surface area contributed by atoms with E-state index < -0.39 is 24.5 Å². The van der Waals surface area contributed by atoms with E-state index >= 15 is 0 Å². The van der Waals surface area contributed by atoms with Gasteiger partial charge in [-0.1, -0.05) is 12.1 Å². The number of benzene rings is 1. The Morgan fingerprint density at radius 2 is 1.55 bits per heavy atom. The molecule has 0 atom stereocenters. The third-order valence-corrected chi connectivity index (χ3v) is 10.0. The van der Waals surface area contributed by atoms with Gasteiger partial charge in [-0.25, -0.2) is 4.79 Å². The van der Waals surface area contributed by atoms with Gasteiger partial charge in [-0.15, -0.1) is 0 Å². The Kier molecular flexibility index (Phi) is 8.22. The molecule has 0 saturated carbocycles. The number of hydrogen-bond acceptors (Lipinski definition) is 5. The highest BCUT2D eigenvalue weighted by Crippen LogP contribution is 2.49. The van der Waals surface area contributed by atoms with Crippen LogP contribution in [0.3, 0.4) is 0 Å². The number of likely N-dealkylation sites (tertiary alicyclic amines) is 2. The number of aryl methyl sites for hydroxylation is 1. The van der Waals surface area contributed by atoms with Crippen molar-refractivity contribution in [2.24, 2.45) is 10.8 Å². The summed E-state index contributed by atoms with van der Waals surface area (Å²) < 4.78 is 87.0. The highest BCUT2D eigenvalue weighted by Gasteiger charge is 2.60. The van der Waals surface area contributed by atoms with Crippen LogP contribution in [0.1, 0.15) is 63.5 Å². The van der Waals surface area contributed by atoms with Gasteiger partial charge < -0.3 is 19.3 Å². The third kappa shape index (κ3) is 6.49. The van der Waals surface area contributed by atoms with Crippen molar-refractivity contribution in [1.29, 1.82) is 0 Å². The van der Waals surface area contributed by atoms with Crippen LogP contribution in [0.15, 0.2) is 18.2 Å². The van der Waals surface area contributed by atoms with E-state index in [0.717, 1.165) is 70.0 Å².